The largest absolute Gasteiger partial charge is 0.393 e. The second-order valence-electron chi connectivity index (χ2n) is 14.8. The van der Waals surface area contributed by atoms with E-state index in [1.807, 2.05) is 27.7 Å². The first-order valence-corrected chi connectivity index (χ1v) is 13.9. The quantitative estimate of drug-likeness (QED) is 0.352. The first-order valence-electron chi connectivity index (χ1n) is 13.9. The van der Waals surface area contributed by atoms with E-state index in [1.165, 1.54) is 6.92 Å². The zero-order valence-electron chi connectivity index (χ0n) is 23.8. The van der Waals surface area contributed by atoms with Crippen molar-refractivity contribution in [3.63, 3.8) is 0 Å². The Bertz CT molecular complexity index is 1010. The van der Waals surface area contributed by atoms with Crippen molar-refractivity contribution in [3.05, 3.63) is 11.6 Å². The molecule has 4 aliphatic carbocycles. The number of fused-ring (bicyclic) bond motifs is 5. The normalized spacial score (nSPS) is 46.8. The van der Waals surface area contributed by atoms with Gasteiger partial charge in [-0.25, -0.2) is 0 Å². The van der Waals surface area contributed by atoms with Gasteiger partial charge in [0.05, 0.1) is 23.9 Å². The Kier molecular flexibility index (Phi) is 6.59. The fourth-order valence-electron chi connectivity index (χ4n) is 9.40. The van der Waals surface area contributed by atoms with E-state index in [9.17, 15) is 35.1 Å². The molecule has 0 heterocycles. The third-order valence-electron chi connectivity index (χ3n) is 11.8. The minimum atomic E-state index is -1.85. The van der Waals surface area contributed by atoms with E-state index in [4.69, 9.17) is 0 Å². The summed E-state index contributed by atoms with van der Waals surface area (Å²) in [5.41, 5.74) is -4.71. The van der Waals surface area contributed by atoms with E-state index < -0.39 is 62.9 Å². The highest BCUT2D eigenvalue weighted by atomic mass is 16.3. The molecule has 0 aromatic carbocycles. The molecule has 0 saturated heterocycles. The van der Waals surface area contributed by atoms with Crippen LogP contribution in [0.25, 0.3) is 0 Å². The number of carbonyl (C=O) groups excluding carboxylic acids is 2. The number of ketones is 2. The van der Waals surface area contributed by atoms with Gasteiger partial charge in [0.15, 0.2) is 5.78 Å². The number of aliphatic hydroxyl groups excluding tert-OH is 3. The lowest BCUT2D eigenvalue weighted by Gasteiger charge is -2.65. The Morgan fingerprint density at radius 3 is 2.16 bits per heavy atom. The molecule has 0 unspecified atom stereocenters. The molecule has 0 radical (unpaired) electrons. The summed E-state index contributed by atoms with van der Waals surface area (Å²) in [6, 6.07) is 0. The van der Waals surface area contributed by atoms with Crippen molar-refractivity contribution in [2.24, 2.45) is 39.4 Å². The van der Waals surface area contributed by atoms with Gasteiger partial charge in [0.2, 0.25) is 0 Å². The monoisotopic (exact) mass is 520 g/mol. The van der Waals surface area contributed by atoms with Gasteiger partial charge in [-0.3, -0.25) is 9.59 Å². The van der Waals surface area contributed by atoms with Crippen molar-refractivity contribution in [2.75, 3.05) is 0 Å². The highest BCUT2D eigenvalue weighted by molar-refractivity contribution is 5.90. The van der Waals surface area contributed by atoms with Gasteiger partial charge in [0.25, 0.3) is 0 Å². The fraction of sp³-hybridized carbons (Fsp3) is 0.867. The van der Waals surface area contributed by atoms with Crippen LogP contribution in [-0.4, -0.2) is 66.6 Å². The molecule has 4 aliphatic rings. The maximum atomic E-state index is 14.2. The second-order valence-corrected chi connectivity index (χ2v) is 14.8. The third kappa shape index (κ3) is 3.86. The molecular formula is C30H48O7. The van der Waals surface area contributed by atoms with Gasteiger partial charge in [-0.2, -0.15) is 0 Å². The third-order valence-corrected chi connectivity index (χ3v) is 11.8. The van der Waals surface area contributed by atoms with Crippen LogP contribution in [0.1, 0.15) is 93.9 Å². The molecular weight excluding hydrogens is 472 g/mol. The zero-order chi connectivity index (χ0) is 28.1. The summed E-state index contributed by atoms with van der Waals surface area (Å²) < 4.78 is 0. The Labute approximate surface area is 221 Å². The second kappa shape index (κ2) is 8.44. The van der Waals surface area contributed by atoms with Crippen molar-refractivity contribution in [1.82, 2.24) is 0 Å². The summed E-state index contributed by atoms with van der Waals surface area (Å²) in [6.07, 6.45) is 0.895. The molecule has 7 nitrogen and oxygen atoms in total. The molecule has 10 atom stereocenters. The molecule has 0 bridgehead atoms. The number of Topliss-reactive ketones (excluding diaryl/α,β-unsaturated/α-hetero) is 2. The lowest BCUT2D eigenvalue weighted by atomic mass is 9.38. The van der Waals surface area contributed by atoms with Gasteiger partial charge < -0.3 is 25.5 Å². The zero-order valence-corrected chi connectivity index (χ0v) is 23.8. The molecule has 3 fully saturated rings. The summed E-state index contributed by atoms with van der Waals surface area (Å²) in [7, 11) is 0. The van der Waals surface area contributed by atoms with E-state index in [2.05, 4.69) is 13.0 Å². The van der Waals surface area contributed by atoms with Crippen LogP contribution in [0.3, 0.4) is 0 Å². The molecule has 0 aliphatic heterocycles. The highest BCUT2D eigenvalue weighted by Crippen LogP contribution is 2.74. The molecule has 4 rings (SSSR count). The van der Waals surface area contributed by atoms with E-state index in [-0.39, 0.29) is 36.9 Å². The van der Waals surface area contributed by atoms with Crippen LogP contribution in [0.15, 0.2) is 11.6 Å². The lowest BCUT2D eigenvalue weighted by molar-refractivity contribution is -0.188. The van der Waals surface area contributed by atoms with Crippen LogP contribution in [0, 0.1) is 39.4 Å². The number of carbonyl (C=O) groups is 2. The molecule has 5 N–H and O–H groups in total. The maximum absolute atomic E-state index is 14.2. The summed E-state index contributed by atoms with van der Waals surface area (Å²) in [4.78, 5) is 27.5. The summed E-state index contributed by atoms with van der Waals surface area (Å²) in [6.45, 7) is 14.6. The maximum Gasteiger partial charge on any atom is 0.164 e. The van der Waals surface area contributed by atoms with Crippen LogP contribution < -0.4 is 0 Å². The van der Waals surface area contributed by atoms with Gasteiger partial charge in [-0.1, -0.05) is 46.3 Å². The van der Waals surface area contributed by atoms with Gasteiger partial charge in [0.1, 0.15) is 11.4 Å². The number of aliphatic hydroxyl groups is 5. The van der Waals surface area contributed by atoms with Crippen LogP contribution in [0.2, 0.25) is 0 Å². The SMILES string of the molecule is CC(C)(O)CCC(=O)[C@](C)(O)[C@H]1[C@H](O)C[C@@]2(C)[C@@H]3CC=C4[C@@H](C[C@H](O)[C@@H](O)C4(C)C)[C@@]3(C)C(=O)C[C@@]12C. The minimum absolute atomic E-state index is 0.0227. The molecule has 0 aromatic heterocycles. The number of hydrogen-bond acceptors (Lipinski definition) is 7. The molecule has 7 heteroatoms. The van der Waals surface area contributed by atoms with Crippen molar-refractivity contribution >= 4 is 11.6 Å². The van der Waals surface area contributed by atoms with Crippen molar-refractivity contribution in [1.29, 1.82) is 0 Å². The summed E-state index contributed by atoms with van der Waals surface area (Å²) in [5.74, 6) is -1.60. The summed E-state index contributed by atoms with van der Waals surface area (Å²) in [5, 5.41) is 54.8. The molecule has 0 spiro atoms. The Balaban J connectivity index is 1.76. The molecule has 0 amide bonds. The minimum Gasteiger partial charge on any atom is -0.393 e. The smallest absolute Gasteiger partial charge is 0.164 e. The van der Waals surface area contributed by atoms with Gasteiger partial charge in [-0.15, -0.1) is 0 Å². The number of allylic oxidation sites excluding steroid dienone is 1. The molecule has 210 valence electrons. The standard InChI is InChI=1S/C30H48O7/c1-25(2,36)12-11-21(33)30(8,37)23-19(32)14-27(5)20-10-9-16-17(13-18(31)24(35)26(16,3)4)29(20,7)22(34)15-28(23,27)6/h9,17-20,23-24,31-32,35-37H,10-15H2,1-8H3/t17-,18+,19-,20+,23+,24-,27+,28+,29-,30+/m1/s1. The van der Waals surface area contributed by atoms with Crippen LogP contribution in [0.5, 0.6) is 0 Å². The topological polar surface area (TPSA) is 135 Å². The average molecular weight is 521 g/mol. The fourth-order valence-corrected chi connectivity index (χ4v) is 9.40. The average Bonchev–Trinajstić information content (AvgIpc) is 2.96. The van der Waals surface area contributed by atoms with Crippen LogP contribution >= 0.6 is 0 Å². The number of hydrogen-bond donors (Lipinski definition) is 5. The van der Waals surface area contributed by atoms with Crippen LogP contribution in [0.4, 0.5) is 0 Å². The van der Waals surface area contributed by atoms with Crippen LogP contribution in [-0.2, 0) is 9.59 Å². The van der Waals surface area contributed by atoms with E-state index >= 15 is 0 Å². The predicted octanol–water partition coefficient (Wildman–Crippen LogP) is 2.94. The summed E-state index contributed by atoms with van der Waals surface area (Å²) >= 11 is 0. The Morgan fingerprint density at radius 1 is 1.00 bits per heavy atom. The predicted molar refractivity (Wildman–Crippen MR) is 139 cm³/mol. The van der Waals surface area contributed by atoms with Gasteiger partial charge >= 0.3 is 0 Å². The van der Waals surface area contributed by atoms with Gasteiger partial charge in [-0.05, 0) is 69.1 Å². The molecule has 3 saturated carbocycles. The first kappa shape index (κ1) is 28.9. The highest BCUT2D eigenvalue weighted by Gasteiger charge is 2.74. The van der Waals surface area contributed by atoms with Crippen molar-refractivity contribution < 1.29 is 35.1 Å². The first-order chi connectivity index (χ1) is 16.7. The molecule has 0 aromatic rings. The van der Waals surface area contributed by atoms with Gasteiger partial charge in [0, 0.05) is 29.6 Å². The Hall–Kier alpha value is -1.12. The molecule has 37 heavy (non-hydrogen) atoms. The van der Waals surface area contributed by atoms with E-state index in [0.29, 0.717) is 19.3 Å². The lowest BCUT2D eigenvalue weighted by Crippen LogP contribution is -2.65. The Morgan fingerprint density at radius 2 is 1.59 bits per heavy atom. The van der Waals surface area contributed by atoms with E-state index in [1.54, 1.807) is 13.8 Å². The number of rotatable bonds is 5. The van der Waals surface area contributed by atoms with Crippen molar-refractivity contribution in [2.45, 2.75) is 123 Å². The van der Waals surface area contributed by atoms with E-state index in [0.717, 1.165) is 5.57 Å². The van der Waals surface area contributed by atoms with Crippen molar-refractivity contribution in [3.8, 4) is 0 Å².